The predicted octanol–water partition coefficient (Wildman–Crippen LogP) is 12.7. The van der Waals surface area contributed by atoms with Crippen molar-refractivity contribution in [3.05, 3.63) is 12.2 Å². The van der Waals surface area contributed by atoms with E-state index in [1.807, 2.05) is 0 Å². The first-order chi connectivity index (χ1) is 18.7. The van der Waals surface area contributed by atoms with Gasteiger partial charge >= 0.3 is 5.97 Å². The molecule has 0 aliphatic rings. The molecule has 0 amide bonds. The van der Waals surface area contributed by atoms with Crippen LogP contribution in [0.4, 0.5) is 0 Å². The minimum Gasteiger partial charge on any atom is -0.466 e. The van der Waals surface area contributed by atoms with E-state index in [0.717, 1.165) is 18.8 Å². The van der Waals surface area contributed by atoms with Crippen LogP contribution in [0.2, 0.25) is 0 Å². The first-order valence-electron chi connectivity index (χ1n) is 17.5. The van der Waals surface area contributed by atoms with Crippen LogP contribution in [-0.2, 0) is 9.53 Å². The summed E-state index contributed by atoms with van der Waals surface area (Å²) in [5.74, 6) is 0.891. The van der Waals surface area contributed by atoms with Crippen molar-refractivity contribution in [1.82, 2.24) is 0 Å². The van der Waals surface area contributed by atoms with Crippen molar-refractivity contribution in [2.75, 3.05) is 6.61 Å². The van der Waals surface area contributed by atoms with Crippen LogP contribution in [0.5, 0.6) is 0 Å². The van der Waals surface area contributed by atoms with Crippen LogP contribution in [-0.4, -0.2) is 12.6 Å². The van der Waals surface area contributed by atoms with E-state index < -0.39 is 0 Å². The average Bonchev–Trinajstić information content (AvgIpc) is 2.90. The molecule has 0 heterocycles. The Balaban J connectivity index is 3.19. The molecule has 0 saturated carbocycles. The van der Waals surface area contributed by atoms with Crippen molar-refractivity contribution in [3.8, 4) is 0 Å². The van der Waals surface area contributed by atoms with E-state index in [4.69, 9.17) is 4.74 Å². The molecule has 0 unspecified atom stereocenters. The highest BCUT2D eigenvalue weighted by atomic mass is 16.5. The molecule has 0 fully saturated rings. The van der Waals surface area contributed by atoms with Crippen molar-refractivity contribution in [2.45, 2.75) is 201 Å². The Morgan fingerprint density at radius 3 is 1.39 bits per heavy atom. The number of rotatable bonds is 31. The number of carbonyl (C=O) groups excluding carboxylic acids is 1. The van der Waals surface area contributed by atoms with E-state index in [1.54, 1.807) is 0 Å². The van der Waals surface area contributed by atoms with Crippen molar-refractivity contribution < 1.29 is 9.53 Å². The molecule has 0 atom stereocenters. The number of hydrogen-bond donors (Lipinski definition) is 0. The van der Waals surface area contributed by atoms with Gasteiger partial charge in [0.1, 0.15) is 0 Å². The third kappa shape index (κ3) is 33.2. The third-order valence-electron chi connectivity index (χ3n) is 7.83. The predicted molar refractivity (Wildman–Crippen MR) is 170 cm³/mol. The quantitative estimate of drug-likeness (QED) is 0.0502. The highest BCUT2D eigenvalue weighted by Crippen LogP contribution is 2.15. The van der Waals surface area contributed by atoms with Gasteiger partial charge in [-0.2, -0.15) is 0 Å². The van der Waals surface area contributed by atoms with E-state index in [2.05, 4.69) is 32.9 Å². The molecular weight excluding hydrogens is 464 g/mol. The number of unbranched alkanes of at least 4 members (excludes halogenated alkanes) is 23. The fourth-order valence-electron chi connectivity index (χ4n) is 5.20. The fraction of sp³-hybridized carbons (Fsp3) is 0.917. The van der Waals surface area contributed by atoms with Crippen LogP contribution in [0.15, 0.2) is 12.2 Å². The normalized spacial score (nSPS) is 11.7. The molecular formula is C36H70O2. The maximum absolute atomic E-state index is 11.9. The van der Waals surface area contributed by atoms with Crippen molar-refractivity contribution in [3.63, 3.8) is 0 Å². The van der Waals surface area contributed by atoms with E-state index in [1.165, 1.54) is 161 Å². The molecule has 0 saturated heterocycles. The summed E-state index contributed by atoms with van der Waals surface area (Å²) in [6.07, 6.45) is 41.2. The van der Waals surface area contributed by atoms with Gasteiger partial charge in [0.15, 0.2) is 0 Å². The molecule has 2 heteroatoms. The summed E-state index contributed by atoms with van der Waals surface area (Å²) in [6, 6.07) is 0. The Bertz CT molecular complexity index is 482. The van der Waals surface area contributed by atoms with Crippen LogP contribution in [0, 0.1) is 5.92 Å². The maximum atomic E-state index is 11.9. The zero-order chi connectivity index (χ0) is 27.8. The summed E-state index contributed by atoms with van der Waals surface area (Å²) in [7, 11) is 0. The molecule has 0 N–H and O–H groups in total. The van der Waals surface area contributed by atoms with Gasteiger partial charge in [-0.25, -0.2) is 0 Å². The van der Waals surface area contributed by atoms with Crippen LogP contribution in [0.3, 0.4) is 0 Å². The molecule has 0 bridgehead atoms. The summed E-state index contributed by atoms with van der Waals surface area (Å²) in [5, 5.41) is 0. The molecule has 2 nitrogen and oxygen atoms in total. The van der Waals surface area contributed by atoms with Gasteiger partial charge in [0, 0.05) is 6.42 Å². The van der Waals surface area contributed by atoms with Crippen LogP contribution in [0.1, 0.15) is 201 Å². The van der Waals surface area contributed by atoms with Crippen LogP contribution >= 0.6 is 0 Å². The summed E-state index contributed by atoms with van der Waals surface area (Å²) >= 11 is 0. The smallest absolute Gasteiger partial charge is 0.305 e. The van der Waals surface area contributed by atoms with Gasteiger partial charge in [-0.1, -0.05) is 168 Å². The second-order valence-corrected chi connectivity index (χ2v) is 12.3. The van der Waals surface area contributed by atoms with Crippen LogP contribution < -0.4 is 0 Å². The number of allylic oxidation sites excluding steroid dienone is 2. The number of esters is 1. The highest BCUT2D eigenvalue weighted by Gasteiger charge is 2.02. The Morgan fingerprint density at radius 1 is 0.526 bits per heavy atom. The molecule has 0 aromatic carbocycles. The van der Waals surface area contributed by atoms with E-state index in [0.29, 0.717) is 13.0 Å². The van der Waals surface area contributed by atoms with Crippen molar-refractivity contribution >= 4 is 5.97 Å². The van der Waals surface area contributed by atoms with E-state index >= 15 is 0 Å². The number of ether oxygens (including phenoxy) is 1. The summed E-state index contributed by atoms with van der Waals surface area (Å²) in [6.45, 7) is 7.56. The second-order valence-electron chi connectivity index (χ2n) is 12.3. The molecule has 0 rings (SSSR count). The topological polar surface area (TPSA) is 26.3 Å². The van der Waals surface area contributed by atoms with E-state index in [9.17, 15) is 4.79 Å². The Kier molecular flexibility index (Phi) is 31.7. The largest absolute Gasteiger partial charge is 0.466 e. The average molecular weight is 535 g/mol. The van der Waals surface area contributed by atoms with Gasteiger partial charge in [-0.05, 0) is 44.4 Å². The third-order valence-corrected chi connectivity index (χ3v) is 7.83. The number of carbonyl (C=O) groups is 1. The van der Waals surface area contributed by atoms with E-state index in [-0.39, 0.29) is 5.97 Å². The minimum atomic E-state index is 0.0183. The lowest BCUT2D eigenvalue weighted by molar-refractivity contribution is -0.143. The molecule has 0 spiro atoms. The Morgan fingerprint density at radius 2 is 0.921 bits per heavy atom. The van der Waals surface area contributed by atoms with Gasteiger partial charge in [-0.3, -0.25) is 4.79 Å². The summed E-state index contributed by atoms with van der Waals surface area (Å²) in [4.78, 5) is 11.9. The molecule has 226 valence electrons. The monoisotopic (exact) mass is 535 g/mol. The molecule has 0 aliphatic carbocycles. The summed E-state index contributed by atoms with van der Waals surface area (Å²) < 4.78 is 5.43. The van der Waals surface area contributed by atoms with Crippen LogP contribution in [0.25, 0.3) is 0 Å². The van der Waals surface area contributed by atoms with Crippen molar-refractivity contribution in [2.24, 2.45) is 5.92 Å². The Hall–Kier alpha value is -0.790. The number of hydrogen-bond acceptors (Lipinski definition) is 2. The zero-order valence-corrected chi connectivity index (χ0v) is 26.6. The fourth-order valence-corrected chi connectivity index (χ4v) is 5.20. The standard InChI is InChI=1S/C36H70O2/c1-4-5-6-7-8-9-10-11-12-15-18-21-24-27-30-33-36(37)38-34-31-28-25-22-19-16-13-14-17-20-23-26-29-32-35(2)3/h10-11,35H,4-9,12-34H2,1-3H3. The van der Waals surface area contributed by atoms with Gasteiger partial charge < -0.3 is 4.74 Å². The highest BCUT2D eigenvalue weighted by molar-refractivity contribution is 5.69. The lowest BCUT2D eigenvalue weighted by atomic mass is 10.0. The lowest BCUT2D eigenvalue weighted by Crippen LogP contribution is -2.05. The van der Waals surface area contributed by atoms with Gasteiger partial charge in [0.2, 0.25) is 0 Å². The minimum absolute atomic E-state index is 0.0183. The van der Waals surface area contributed by atoms with Gasteiger partial charge in [0.25, 0.3) is 0 Å². The first kappa shape index (κ1) is 37.2. The van der Waals surface area contributed by atoms with Crippen molar-refractivity contribution in [1.29, 1.82) is 0 Å². The van der Waals surface area contributed by atoms with Gasteiger partial charge in [-0.15, -0.1) is 0 Å². The first-order valence-corrected chi connectivity index (χ1v) is 17.5. The molecule has 0 aromatic rings. The van der Waals surface area contributed by atoms with Gasteiger partial charge in [0.05, 0.1) is 6.61 Å². The SMILES string of the molecule is CCCCCCCC=CCCCCCCCCC(=O)OCCCCCCCCCCCCCCCC(C)C. The molecule has 38 heavy (non-hydrogen) atoms. The Labute approximate surface area is 240 Å². The maximum Gasteiger partial charge on any atom is 0.305 e. The molecule has 0 aromatic heterocycles. The second kappa shape index (κ2) is 32.4. The zero-order valence-electron chi connectivity index (χ0n) is 26.6. The molecule has 0 aliphatic heterocycles. The molecule has 0 radical (unpaired) electrons. The summed E-state index contributed by atoms with van der Waals surface area (Å²) in [5.41, 5.74) is 0. The lowest BCUT2D eigenvalue weighted by Gasteiger charge is -2.06.